The summed E-state index contributed by atoms with van der Waals surface area (Å²) in [5, 5.41) is -4.06. The lowest BCUT2D eigenvalue weighted by Crippen LogP contribution is -2.38. The second-order valence-corrected chi connectivity index (χ2v) is 4.53. The molecule has 5 nitrogen and oxygen atoms in total. The fraction of sp³-hybridized carbons (Fsp3) is 1.00. The van der Waals surface area contributed by atoms with Crippen molar-refractivity contribution in [1.29, 1.82) is 0 Å². The van der Waals surface area contributed by atoms with Gasteiger partial charge in [0, 0.05) is 6.92 Å². The molecule has 0 aromatic rings. The van der Waals surface area contributed by atoms with Gasteiger partial charge in [-0.2, -0.15) is 8.78 Å². The predicted molar refractivity (Wildman–Crippen MR) is 33.4 cm³/mol. The molecule has 0 saturated heterocycles. The van der Waals surface area contributed by atoms with Crippen molar-refractivity contribution in [2.75, 3.05) is 0 Å². The Hall–Kier alpha value is -0.120. The minimum atomic E-state index is -5.03. The van der Waals surface area contributed by atoms with Gasteiger partial charge in [-0.1, -0.05) is 0 Å². The molecule has 0 rings (SSSR count). The first kappa shape index (κ1) is 10.9. The second-order valence-electron chi connectivity index (χ2n) is 1.64. The Morgan fingerprint density at radius 2 is 1.91 bits per heavy atom. The highest BCUT2D eigenvalue weighted by Gasteiger charge is 2.40. The van der Waals surface area contributed by atoms with Crippen LogP contribution < -0.4 is 4.13 Å². The van der Waals surface area contributed by atoms with Gasteiger partial charge in [-0.3, -0.25) is 4.55 Å². The van der Waals surface area contributed by atoms with Crippen LogP contribution >= 0.6 is 0 Å². The largest absolute Gasteiger partial charge is 0.357 e. The number of hydrogen-bond donors (Lipinski definition) is 2. The Labute approximate surface area is 64.3 Å². The van der Waals surface area contributed by atoms with E-state index in [4.69, 9.17) is 4.55 Å². The van der Waals surface area contributed by atoms with Gasteiger partial charge in [0.05, 0.1) is 0 Å². The van der Waals surface area contributed by atoms with Crippen LogP contribution in [0.3, 0.4) is 0 Å². The van der Waals surface area contributed by atoms with E-state index < -0.39 is 26.5 Å². The molecule has 0 amide bonds. The molecule has 0 bridgehead atoms. The van der Waals surface area contributed by atoms with E-state index in [-0.39, 0.29) is 6.92 Å². The first-order chi connectivity index (χ1) is 4.67. The van der Waals surface area contributed by atoms with E-state index in [0.717, 1.165) is 4.13 Å². The molecule has 1 atom stereocenters. The minimum Gasteiger partial charge on any atom is -0.293 e. The third-order valence-electron chi connectivity index (χ3n) is 0.653. The molecule has 0 saturated carbocycles. The van der Waals surface area contributed by atoms with E-state index in [1.807, 2.05) is 0 Å². The Morgan fingerprint density at radius 1 is 1.55 bits per heavy atom. The molecular formula is C2H5F2NO4S2. The van der Waals surface area contributed by atoms with E-state index in [2.05, 4.69) is 0 Å². The lowest BCUT2D eigenvalue weighted by molar-refractivity contribution is 0.113. The number of hydrogen-bond acceptors (Lipinski definition) is 3. The molecule has 68 valence electrons. The Balaban J connectivity index is 4.64. The molecule has 0 aromatic carbocycles. The number of rotatable bonds is 3. The van der Waals surface area contributed by atoms with Gasteiger partial charge < -0.3 is 0 Å². The highest BCUT2D eigenvalue weighted by Crippen LogP contribution is 2.18. The number of sulfonamides is 1. The minimum absolute atomic E-state index is 0.0994. The van der Waals surface area contributed by atoms with Crippen LogP contribution in [0.1, 0.15) is 6.92 Å². The van der Waals surface area contributed by atoms with Crippen molar-refractivity contribution in [3.05, 3.63) is 0 Å². The average Bonchev–Trinajstić information content (AvgIpc) is 1.56. The van der Waals surface area contributed by atoms with E-state index in [0.29, 0.717) is 0 Å². The molecule has 9 heteroatoms. The fourth-order valence-corrected chi connectivity index (χ4v) is 1.50. The third-order valence-corrected chi connectivity index (χ3v) is 3.04. The number of alkyl halides is 2. The van der Waals surface area contributed by atoms with Gasteiger partial charge in [-0.15, -0.1) is 4.13 Å². The summed E-state index contributed by atoms with van der Waals surface area (Å²) in [5.74, 6) is 0. The number of halogens is 2. The maximum atomic E-state index is 12.0. The summed E-state index contributed by atoms with van der Waals surface area (Å²) in [7, 11) is -5.03. The monoisotopic (exact) mass is 209 g/mol. The first-order valence-electron chi connectivity index (χ1n) is 2.17. The average molecular weight is 209 g/mol. The van der Waals surface area contributed by atoms with Crippen LogP contribution in [0.5, 0.6) is 0 Å². The predicted octanol–water partition coefficient (Wildman–Crippen LogP) is -0.345. The van der Waals surface area contributed by atoms with Crippen LogP contribution in [0.15, 0.2) is 0 Å². The quantitative estimate of drug-likeness (QED) is 0.622. The van der Waals surface area contributed by atoms with Gasteiger partial charge in [0.25, 0.3) is 10.0 Å². The number of nitrogens with one attached hydrogen (secondary N) is 1. The molecule has 0 fully saturated rings. The summed E-state index contributed by atoms with van der Waals surface area (Å²) in [6, 6.07) is 0. The van der Waals surface area contributed by atoms with Crippen molar-refractivity contribution in [2.24, 2.45) is 0 Å². The van der Waals surface area contributed by atoms with Crippen LogP contribution in [0.25, 0.3) is 0 Å². The Bertz CT molecular complexity index is 254. The van der Waals surface area contributed by atoms with Crippen molar-refractivity contribution >= 4 is 21.3 Å². The van der Waals surface area contributed by atoms with Crippen molar-refractivity contribution < 1.29 is 26.0 Å². The molecule has 0 heterocycles. The lowest BCUT2D eigenvalue weighted by Gasteiger charge is -2.09. The van der Waals surface area contributed by atoms with Crippen molar-refractivity contribution in [3.8, 4) is 0 Å². The molecular weight excluding hydrogens is 204 g/mol. The van der Waals surface area contributed by atoms with Gasteiger partial charge >= 0.3 is 5.25 Å². The van der Waals surface area contributed by atoms with Gasteiger partial charge in [0.2, 0.25) is 11.3 Å². The molecule has 0 aliphatic carbocycles. The van der Waals surface area contributed by atoms with Crippen LogP contribution in [-0.4, -0.2) is 22.4 Å². The summed E-state index contributed by atoms with van der Waals surface area (Å²) in [4.78, 5) is 0. The summed E-state index contributed by atoms with van der Waals surface area (Å²) >= 11 is -3.00. The van der Waals surface area contributed by atoms with Crippen LogP contribution in [0.4, 0.5) is 8.78 Å². The smallest absolute Gasteiger partial charge is 0.293 e. The van der Waals surface area contributed by atoms with Crippen LogP contribution in [-0.2, 0) is 21.3 Å². The summed E-state index contributed by atoms with van der Waals surface area (Å²) < 4.78 is 62.9. The van der Waals surface area contributed by atoms with Gasteiger partial charge in [-0.05, 0) is 0 Å². The van der Waals surface area contributed by atoms with Gasteiger partial charge in [0.1, 0.15) is 0 Å². The molecule has 11 heavy (non-hydrogen) atoms. The zero-order chi connectivity index (χ0) is 9.28. The second kappa shape index (κ2) is 3.09. The topological polar surface area (TPSA) is 83.5 Å². The van der Waals surface area contributed by atoms with E-state index >= 15 is 0 Å². The van der Waals surface area contributed by atoms with Crippen molar-refractivity contribution in [1.82, 2.24) is 4.13 Å². The summed E-state index contributed by atoms with van der Waals surface area (Å²) in [5.41, 5.74) is 0. The standard InChI is InChI=1S/C2H5F2NO4S2/c1-2(3,4)11(8,9)5-10(6)7/h5H,1H3,(H,6,7). The molecule has 0 spiro atoms. The molecule has 0 radical (unpaired) electrons. The van der Waals surface area contributed by atoms with E-state index in [1.165, 1.54) is 0 Å². The van der Waals surface area contributed by atoms with Gasteiger partial charge in [0.15, 0.2) is 0 Å². The zero-order valence-corrected chi connectivity index (χ0v) is 6.88. The lowest BCUT2D eigenvalue weighted by atomic mass is 10.9. The Kier molecular flexibility index (Phi) is 3.06. The normalized spacial score (nSPS) is 16.4. The summed E-state index contributed by atoms with van der Waals surface area (Å²) in [6.45, 7) is 0.0994. The SMILES string of the molecule is CC(F)(F)S(=O)(=O)NS(=O)O. The first-order valence-corrected chi connectivity index (χ1v) is 4.76. The molecule has 0 aliphatic heterocycles. The van der Waals surface area contributed by atoms with Crippen molar-refractivity contribution in [2.45, 2.75) is 12.2 Å². The van der Waals surface area contributed by atoms with Crippen molar-refractivity contribution in [3.63, 3.8) is 0 Å². The third kappa shape index (κ3) is 3.18. The fourth-order valence-electron chi connectivity index (χ4n) is 0.167. The van der Waals surface area contributed by atoms with Gasteiger partial charge in [-0.25, -0.2) is 12.6 Å². The van der Waals surface area contributed by atoms with E-state index in [1.54, 1.807) is 0 Å². The van der Waals surface area contributed by atoms with E-state index in [9.17, 15) is 21.4 Å². The molecule has 0 aliphatic rings. The van der Waals surface area contributed by atoms with Crippen LogP contribution in [0.2, 0.25) is 0 Å². The highest BCUT2D eigenvalue weighted by molar-refractivity contribution is 8.00. The van der Waals surface area contributed by atoms with Crippen LogP contribution in [0, 0.1) is 0 Å². The maximum Gasteiger partial charge on any atom is 0.357 e. The zero-order valence-electron chi connectivity index (χ0n) is 5.24. The highest BCUT2D eigenvalue weighted by atomic mass is 32.3. The Morgan fingerprint density at radius 3 is 2.00 bits per heavy atom. The maximum absolute atomic E-state index is 12.0. The molecule has 2 N–H and O–H groups in total. The molecule has 0 aromatic heterocycles. The summed E-state index contributed by atoms with van der Waals surface area (Å²) in [6.07, 6.45) is 0. The molecule has 1 unspecified atom stereocenters.